The van der Waals surface area contributed by atoms with E-state index in [-0.39, 0.29) is 24.6 Å². The lowest BCUT2D eigenvalue weighted by Gasteiger charge is -2.09. The van der Waals surface area contributed by atoms with Crippen LogP contribution in [-0.4, -0.2) is 24.1 Å². The maximum absolute atomic E-state index is 11.1. The van der Waals surface area contributed by atoms with E-state index in [9.17, 15) is 14.4 Å². The SMILES string of the molecule is CCOC(=O)[C@@H](CC(C)=O)C(C)=O. The molecular weight excluding hydrogens is 172 g/mol. The van der Waals surface area contributed by atoms with E-state index in [2.05, 4.69) is 4.74 Å². The first kappa shape index (κ1) is 11.8. The van der Waals surface area contributed by atoms with Crippen LogP contribution in [0, 0.1) is 5.92 Å². The third-order valence-corrected chi connectivity index (χ3v) is 1.55. The van der Waals surface area contributed by atoms with Crippen LogP contribution < -0.4 is 0 Å². The summed E-state index contributed by atoms with van der Waals surface area (Å²) in [5.74, 6) is -2.04. The van der Waals surface area contributed by atoms with Crippen molar-refractivity contribution in [1.29, 1.82) is 0 Å². The van der Waals surface area contributed by atoms with Gasteiger partial charge in [-0.25, -0.2) is 0 Å². The Morgan fingerprint density at radius 1 is 1.23 bits per heavy atom. The molecule has 1 atom stereocenters. The minimum Gasteiger partial charge on any atom is -0.465 e. The van der Waals surface area contributed by atoms with Gasteiger partial charge in [0.2, 0.25) is 0 Å². The molecule has 0 radical (unpaired) electrons. The Morgan fingerprint density at radius 3 is 2.08 bits per heavy atom. The highest BCUT2D eigenvalue weighted by Crippen LogP contribution is 2.07. The Morgan fingerprint density at radius 2 is 1.77 bits per heavy atom. The predicted octanol–water partition coefficient (Wildman–Crippen LogP) is 0.734. The van der Waals surface area contributed by atoms with Gasteiger partial charge < -0.3 is 4.74 Å². The predicted molar refractivity (Wildman–Crippen MR) is 46.1 cm³/mol. The molecule has 0 aromatic carbocycles. The number of carbonyl (C=O) groups excluding carboxylic acids is 3. The summed E-state index contributed by atoms with van der Waals surface area (Å²) in [5, 5.41) is 0. The van der Waals surface area contributed by atoms with Crippen molar-refractivity contribution in [3.05, 3.63) is 0 Å². The Kier molecular flexibility index (Phi) is 4.96. The van der Waals surface area contributed by atoms with Gasteiger partial charge in [-0.2, -0.15) is 0 Å². The molecule has 0 aromatic heterocycles. The minimum absolute atomic E-state index is 0.0613. The van der Waals surface area contributed by atoms with Gasteiger partial charge >= 0.3 is 5.97 Å². The quantitative estimate of drug-likeness (QED) is 0.469. The van der Waals surface area contributed by atoms with Crippen molar-refractivity contribution in [3.8, 4) is 0 Å². The highest BCUT2D eigenvalue weighted by molar-refractivity contribution is 6.01. The second kappa shape index (κ2) is 5.45. The average Bonchev–Trinajstić information content (AvgIpc) is 1.99. The molecule has 74 valence electrons. The fourth-order valence-electron chi connectivity index (χ4n) is 0.923. The zero-order chi connectivity index (χ0) is 10.4. The van der Waals surface area contributed by atoms with Crippen molar-refractivity contribution in [2.45, 2.75) is 27.2 Å². The van der Waals surface area contributed by atoms with Crippen LogP contribution in [0.15, 0.2) is 0 Å². The second-order valence-corrected chi connectivity index (χ2v) is 2.82. The van der Waals surface area contributed by atoms with Crippen LogP contribution >= 0.6 is 0 Å². The van der Waals surface area contributed by atoms with Crippen molar-refractivity contribution in [2.75, 3.05) is 6.61 Å². The van der Waals surface area contributed by atoms with Crippen molar-refractivity contribution in [1.82, 2.24) is 0 Å². The number of rotatable bonds is 5. The number of ether oxygens (including phenoxy) is 1. The van der Waals surface area contributed by atoms with Gasteiger partial charge in [-0.3, -0.25) is 14.4 Å². The second-order valence-electron chi connectivity index (χ2n) is 2.82. The van der Waals surface area contributed by atoms with E-state index in [1.54, 1.807) is 6.92 Å². The Labute approximate surface area is 77.3 Å². The summed E-state index contributed by atoms with van der Waals surface area (Å²) in [6.45, 7) is 4.50. The molecule has 4 heteroatoms. The summed E-state index contributed by atoms with van der Waals surface area (Å²) in [6, 6.07) is 0. The summed E-state index contributed by atoms with van der Waals surface area (Å²) in [6.07, 6.45) is -0.0613. The molecule has 4 nitrogen and oxygen atoms in total. The lowest BCUT2D eigenvalue weighted by molar-refractivity contribution is -0.152. The number of ketones is 2. The molecule has 0 spiro atoms. The molecule has 0 fully saturated rings. The monoisotopic (exact) mass is 186 g/mol. The molecule has 0 saturated carbocycles. The largest absolute Gasteiger partial charge is 0.465 e. The van der Waals surface area contributed by atoms with Crippen LogP contribution in [0.4, 0.5) is 0 Å². The fraction of sp³-hybridized carbons (Fsp3) is 0.667. The Hall–Kier alpha value is -1.19. The summed E-state index contributed by atoms with van der Waals surface area (Å²) >= 11 is 0. The van der Waals surface area contributed by atoms with E-state index in [1.165, 1.54) is 13.8 Å². The summed E-state index contributed by atoms with van der Waals surface area (Å²) in [7, 11) is 0. The lowest BCUT2D eigenvalue weighted by Crippen LogP contribution is -2.26. The zero-order valence-corrected chi connectivity index (χ0v) is 8.12. The molecular formula is C9H14O4. The number of hydrogen-bond acceptors (Lipinski definition) is 4. The topological polar surface area (TPSA) is 60.4 Å². The molecule has 0 bridgehead atoms. The van der Waals surface area contributed by atoms with E-state index in [0.717, 1.165) is 0 Å². The van der Waals surface area contributed by atoms with E-state index in [1.807, 2.05) is 0 Å². The van der Waals surface area contributed by atoms with Crippen LogP contribution in [0.2, 0.25) is 0 Å². The summed E-state index contributed by atoms with van der Waals surface area (Å²) in [4.78, 5) is 32.8. The normalized spacial score (nSPS) is 11.9. The molecule has 0 unspecified atom stereocenters. The molecule has 0 N–H and O–H groups in total. The first-order chi connectivity index (χ1) is 5.99. The summed E-state index contributed by atoms with van der Waals surface area (Å²) < 4.78 is 4.65. The molecule has 0 heterocycles. The standard InChI is InChI=1S/C9H14O4/c1-4-13-9(12)8(7(3)11)5-6(2)10/h8H,4-5H2,1-3H3/t8-/m0/s1. The third-order valence-electron chi connectivity index (χ3n) is 1.55. The number of Topliss-reactive ketones (excluding diaryl/α,β-unsaturated/α-hetero) is 2. The van der Waals surface area contributed by atoms with Crippen LogP contribution in [0.1, 0.15) is 27.2 Å². The van der Waals surface area contributed by atoms with Gasteiger partial charge in [-0.1, -0.05) is 0 Å². The van der Waals surface area contributed by atoms with Crippen LogP contribution in [0.5, 0.6) is 0 Å². The van der Waals surface area contributed by atoms with E-state index >= 15 is 0 Å². The third kappa shape index (κ3) is 4.40. The van der Waals surface area contributed by atoms with Gasteiger partial charge in [0.1, 0.15) is 17.5 Å². The lowest BCUT2D eigenvalue weighted by atomic mass is 9.99. The van der Waals surface area contributed by atoms with Gasteiger partial charge in [0, 0.05) is 6.42 Å². The Bertz CT molecular complexity index is 220. The van der Waals surface area contributed by atoms with Gasteiger partial charge in [-0.05, 0) is 20.8 Å². The number of carbonyl (C=O) groups is 3. The molecule has 0 amide bonds. The van der Waals surface area contributed by atoms with Crippen molar-refractivity contribution in [2.24, 2.45) is 5.92 Å². The van der Waals surface area contributed by atoms with E-state index in [0.29, 0.717) is 0 Å². The highest BCUT2D eigenvalue weighted by Gasteiger charge is 2.25. The van der Waals surface area contributed by atoms with Crippen molar-refractivity contribution < 1.29 is 19.1 Å². The fourth-order valence-corrected chi connectivity index (χ4v) is 0.923. The van der Waals surface area contributed by atoms with Gasteiger partial charge in [-0.15, -0.1) is 0 Å². The van der Waals surface area contributed by atoms with Gasteiger partial charge in [0.25, 0.3) is 0 Å². The molecule has 0 aliphatic carbocycles. The van der Waals surface area contributed by atoms with Crippen LogP contribution in [0.3, 0.4) is 0 Å². The van der Waals surface area contributed by atoms with E-state index in [4.69, 9.17) is 0 Å². The number of esters is 1. The molecule has 0 saturated heterocycles. The first-order valence-electron chi connectivity index (χ1n) is 4.15. The van der Waals surface area contributed by atoms with Gasteiger partial charge in [0.05, 0.1) is 6.61 Å². The molecule has 13 heavy (non-hydrogen) atoms. The maximum atomic E-state index is 11.1. The maximum Gasteiger partial charge on any atom is 0.316 e. The van der Waals surface area contributed by atoms with Crippen molar-refractivity contribution in [3.63, 3.8) is 0 Å². The molecule has 0 rings (SSSR count). The molecule has 0 aliphatic heterocycles. The highest BCUT2D eigenvalue weighted by atomic mass is 16.5. The molecule has 0 aromatic rings. The molecule has 0 aliphatic rings. The smallest absolute Gasteiger partial charge is 0.316 e. The zero-order valence-electron chi connectivity index (χ0n) is 8.12. The van der Waals surface area contributed by atoms with E-state index < -0.39 is 11.9 Å². The summed E-state index contributed by atoms with van der Waals surface area (Å²) in [5.41, 5.74) is 0. The minimum atomic E-state index is -0.919. The first-order valence-corrected chi connectivity index (χ1v) is 4.15. The van der Waals surface area contributed by atoms with Crippen LogP contribution in [-0.2, 0) is 19.1 Å². The Balaban J connectivity index is 4.32. The van der Waals surface area contributed by atoms with Crippen LogP contribution in [0.25, 0.3) is 0 Å². The number of hydrogen-bond donors (Lipinski definition) is 0. The average molecular weight is 186 g/mol. The van der Waals surface area contributed by atoms with Gasteiger partial charge in [0.15, 0.2) is 0 Å². The van der Waals surface area contributed by atoms with Crippen molar-refractivity contribution >= 4 is 17.5 Å².